The Morgan fingerprint density at radius 3 is 2.21 bits per heavy atom. The molecule has 19 heavy (non-hydrogen) atoms. The van der Waals surface area contributed by atoms with Crippen LogP contribution in [0.3, 0.4) is 0 Å². The van der Waals surface area contributed by atoms with Crippen LogP contribution in [0, 0.1) is 13.8 Å². The van der Waals surface area contributed by atoms with E-state index in [0.717, 1.165) is 22.1 Å². The summed E-state index contributed by atoms with van der Waals surface area (Å²) in [4.78, 5) is 12.4. The smallest absolute Gasteiger partial charge is 0.351 e. The highest BCUT2D eigenvalue weighted by Crippen LogP contribution is 2.10. The molecular formula is C10H14N4O3S2. The third-order valence-electron chi connectivity index (χ3n) is 2.00. The Bertz CT molecular complexity index is 526. The first-order valence-electron chi connectivity index (χ1n) is 5.44. The Morgan fingerprint density at radius 2 is 1.84 bits per heavy atom. The van der Waals surface area contributed by atoms with Crippen LogP contribution in [-0.2, 0) is 11.3 Å². The molecule has 2 aromatic rings. The maximum Gasteiger partial charge on any atom is 0.351 e. The first kappa shape index (κ1) is 15.6. The largest absolute Gasteiger partial charge is 0.462 e. The number of carbonyl (C=O) groups excluding carboxylic acids is 1. The molecule has 7 nitrogen and oxygen atoms in total. The molecular weight excluding hydrogens is 288 g/mol. The number of rotatable bonds is 3. The summed E-state index contributed by atoms with van der Waals surface area (Å²) < 4.78 is 12.0. The molecule has 0 aliphatic rings. The molecule has 0 saturated carbocycles. The van der Waals surface area contributed by atoms with Crippen molar-refractivity contribution in [3.05, 3.63) is 21.1 Å². The molecule has 2 heterocycles. The van der Waals surface area contributed by atoms with Crippen molar-refractivity contribution in [2.45, 2.75) is 27.4 Å². The Morgan fingerprint density at radius 1 is 1.21 bits per heavy atom. The van der Waals surface area contributed by atoms with Crippen molar-refractivity contribution in [3.8, 4) is 0 Å². The van der Waals surface area contributed by atoms with Crippen LogP contribution in [0.25, 0.3) is 0 Å². The number of carbonyl (C=O) groups is 1. The van der Waals surface area contributed by atoms with Crippen LogP contribution in [-0.4, -0.2) is 36.9 Å². The molecule has 0 radical (unpaired) electrons. The van der Waals surface area contributed by atoms with Crippen LogP contribution >= 0.6 is 23.1 Å². The van der Waals surface area contributed by atoms with E-state index in [1.54, 1.807) is 13.8 Å². The van der Waals surface area contributed by atoms with Gasteiger partial charge < -0.3 is 9.84 Å². The topological polar surface area (TPSA) is 98.1 Å². The Kier molecular flexibility index (Phi) is 6.46. The Hall–Kier alpha value is -1.45. The molecule has 0 spiro atoms. The second kappa shape index (κ2) is 7.87. The normalized spacial score (nSPS) is 9.68. The van der Waals surface area contributed by atoms with Crippen LogP contribution in [0.5, 0.6) is 0 Å². The summed E-state index contributed by atoms with van der Waals surface area (Å²) >= 11 is 2.30. The third-order valence-corrected chi connectivity index (χ3v) is 3.62. The zero-order valence-electron chi connectivity index (χ0n) is 10.8. The van der Waals surface area contributed by atoms with E-state index in [1.807, 2.05) is 6.92 Å². The zero-order valence-corrected chi connectivity index (χ0v) is 12.4. The zero-order chi connectivity index (χ0) is 14.3. The van der Waals surface area contributed by atoms with Crippen molar-refractivity contribution >= 4 is 29.0 Å². The minimum Gasteiger partial charge on any atom is -0.462 e. The molecule has 0 aromatic carbocycles. The van der Waals surface area contributed by atoms with Gasteiger partial charge in [-0.2, -0.15) is 0 Å². The molecule has 0 amide bonds. The van der Waals surface area contributed by atoms with E-state index in [-0.39, 0.29) is 12.6 Å². The second-order valence-electron chi connectivity index (χ2n) is 3.35. The fraction of sp³-hybridized carbons (Fsp3) is 0.500. The van der Waals surface area contributed by atoms with E-state index in [1.165, 1.54) is 11.5 Å². The van der Waals surface area contributed by atoms with E-state index in [2.05, 4.69) is 19.2 Å². The SMILES string of the molecule is CCOC(=O)c1snnc1C.Cc1nnsc1CO. The number of hydrogen-bond acceptors (Lipinski definition) is 9. The molecule has 104 valence electrons. The van der Waals surface area contributed by atoms with Crippen molar-refractivity contribution < 1.29 is 14.6 Å². The fourth-order valence-corrected chi connectivity index (χ4v) is 2.06. The number of aromatic nitrogens is 4. The molecule has 9 heteroatoms. The van der Waals surface area contributed by atoms with Gasteiger partial charge in [-0.05, 0) is 43.8 Å². The molecule has 0 unspecified atom stereocenters. The van der Waals surface area contributed by atoms with Gasteiger partial charge in [-0.25, -0.2) is 4.79 Å². The lowest BCUT2D eigenvalue weighted by molar-refractivity contribution is 0.0531. The predicted octanol–water partition coefficient (Wildman–Crippen LogP) is 1.36. The predicted molar refractivity (Wildman–Crippen MR) is 71.2 cm³/mol. The average molecular weight is 302 g/mol. The molecule has 2 aromatic heterocycles. The summed E-state index contributed by atoms with van der Waals surface area (Å²) in [5.41, 5.74) is 1.46. The molecule has 0 atom stereocenters. The average Bonchev–Trinajstić information content (AvgIpc) is 2.98. The van der Waals surface area contributed by atoms with Gasteiger partial charge in [0.15, 0.2) is 4.88 Å². The summed E-state index contributed by atoms with van der Waals surface area (Å²) in [6.07, 6.45) is 0. The van der Waals surface area contributed by atoms with E-state index >= 15 is 0 Å². The van der Waals surface area contributed by atoms with E-state index in [4.69, 9.17) is 9.84 Å². The maximum atomic E-state index is 11.0. The van der Waals surface area contributed by atoms with E-state index in [9.17, 15) is 4.79 Å². The lowest BCUT2D eigenvalue weighted by Crippen LogP contribution is -2.03. The molecule has 2 rings (SSSR count). The monoisotopic (exact) mass is 302 g/mol. The van der Waals surface area contributed by atoms with Crippen LogP contribution in [0.2, 0.25) is 0 Å². The first-order chi connectivity index (χ1) is 9.10. The van der Waals surface area contributed by atoms with Gasteiger partial charge in [-0.1, -0.05) is 8.98 Å². The summed E-state index contributed by atoms with van der Waals surface area (Å²) in [5.74, 6) is -0.333. The minimum atomic E-state index is -0.333. The Labute approximate surface area is 118 Å². The summed E-state index contributed by atoms with van der Waals surface area (Å²) in [6, 6.07) is 0. The van der Waals surface area contributed by atoms with Gasteiger partial charge in [0.05, 0.1) is 29.5 Å². The van der Waals surface area contributed by atoms with Gasteiger partial charge in [0.2, 0.25) is 0 Å². The van der Waals surface area contributed by atoms with Crippen molar-refractivity contribution in [1.82, 2.24) is 19.2 Å². The number of aliphatic hydroxyl groups is 1. The van der Waals surface area contributed by atoms with Gasteiger partial charge >= 0.3 is 5.97 Å². The number of aryl methyl sites for hydroxylation is 2. The van der Waals surface area contributed by atoms with Crippen LogP contribution in [0.4, 0.5) is 0 Å². The lowest BCUT2D eigenvalue weighted by atomic mass is 10.4. The van der Waals surface area contributed by atoms with Gasteiger partial charge in [0.25, 0.3) is 0 Å². The lowest BCUT2D eigenvalue weighted by Gasteiger charge is -1.96. The van der Waals surface area contributed by atoms with Crippen molar-refractivity contribution in [2.24, 2.45) is 0 Å². The molecule has 1 N–H and O–H groups in total. The second-order valence-corrected chi connectivity index (χ2v) is 4.94. The quantitative estimate of drug-likeness (QED) is 0.855. The highest BCUT2D eigenvalue weighted by Gasteiger charge is 2.13. The third kappa shape index (κ3) is 4.62. The number of hydrogen-bond donors (Lipinski definition) is 1. The number of nitrogens with zero attached hydrogens (tertiary/aromatic N) is 4. The summed E-state index contributed by atoms with van der Waals surface area (Å²) in [7, 11) is 0. The van der Waals surface area contributed by atoms with E-state index < -0.39 is 0 Å². The van der Waals surface area contributed by atoms with Gasteiger partial charge in [0.1, 0.15) is 0 Å². The highest BCUT2D eigenvalue weighted by atomic mass is 32.1. The molecule has 0 aliphatic heterocycles. The number of ether oxygens (including phenoxy) is 1. The molecule has 0 fully saturated rings. The van der Waals surface area contributed by atoms with Gasteiger partial charge in [0, 0.05) is 0 Å². The molecule has 0 saturated heterocycles. The number of aliphatic hydroxyl groups excluding tert-OH is 1. The Balaban J connectivity index is 0.000000200. The number of esters is 1. The van der Waals surface area contributed by atoms with E-state index in [0.29, 0.717) is 17.2 Å². The van der Waals surface area contributed by atoms with Crippen molar-refractivity contribution in [3.63, 3.8) is 0 Å². The summed E-state index contributed by atoms with van der Waals surface area (Å²) in [5, 5.41) is 15.9. The first-order valence-corrected chi connectivity index (χ1v) is 6.99. The minimum absolute atomic E-state index is 0.0590. The van der Waals surface area contributed by atoms with Crippen LogP contribution < -0.4 is 0 Å². The van der Waals surface area contributed by atoms with Crippen LogP contribution in [0.15, 0.2) is 0 Å². The van der Waals surface area contributed by atoms with Gasteiger partial charge in [-0.3, -0.25) is 0 Å². The highest BCUT2D eigenvalue weighted by molar-refractivity contribution is 7.07. The fourth-order valence-electron chi connectivity index (χ4n) is 1.01. The maximum absolute atomic E-state index is 11.0. The van der Waals surface area contributed by atoms with Gasteiger partial charge in [-0.15, -0.1) is 10.2 Å². The van der Waals surface area contributed by atoms with Crippen molar-refractivity contribution in [2.75, 3.05) is 6.61 Å². The standard InChI is InChI=1S/C6H8N2O2S.C4H6N2OS/c1-3-10-6(9)5-4(2)7-8-11-5;1-3-4(2-7)8-6-5-3/h3H2,1-2H3;7H,2H2,1H3. The van der Waals surface area contributed by atoms with Crippen LogP contribution in [0.1, 0.15) is 32.9 Å². The molecule has 0 aliphatic carbocycles. The molecule has 0 bridgehead atoms. The van der Waals surface area contributed by atoms with Crippen molar-refractivity contribution in [1.29, 1.82) is 0 Å². The summed E-state index contributed by atoms with van der Waals surface area (Å²) in [6.45, 7) is 5.77.